The Morgan fingerprint density at radius 3 is 2.35 bits per heavy atom. The molecule has 0 aliphatic carbocycles. The van der Waals surface area contributed by atoms with Crippen LogP contribution >= 0.6 is 22.9 Å². The van der Waals surface area contributed by atoms with Crippen LogP contribution in [0.1, 0.15) is 62.2 Å². The number of thiazole rings is 1. The lowest BCUT2D eigenvalue weighted by atomic mass is 9.79. The van der Waals surface area contributed by atoms with E-state index in [2.05, 4.69) is 42.9 Å². The summed E-state index contributed by atoms with van der Waals surface area (Å²) < 4.78 is 0.550. The fourth-order valence-corrected chi connectivity index (χ4v) is 4.88. The topological polar surface area (TPSA) is 45.2 Å². The fraction of sp³-hybridized carbons (Fsp3) is 0.500. The van der Waals surface area contributed by atoms with Crippen molar-refractivity contribution in [3.05, 3.63) is 45.4 Å². The van der Waals surface area contributed by atoms with E-state index in [9.17, 15) is 4.79 Å². The molecule has 4 nitrogen and oxygen atoms in total. The van der Waals surface area contributed by atoms with Gasteiger partial charge in [-0.05, 0) is 71.2 Å². The zero-order valence-corrected chi connectivity index (χ0v) is 17.4. The Kier molecular flexibility index (Phi) is 5.31. The molecule has 0 unspecified atom stereocenters. The van der Waals surface area contributed by atoms with Crippen molar-refractivity contribution in [2.75, 3.05) is 5.32 Å². The van der Waals surface area contributed by atoms with Crippen LogP contribution in [-0.2, 0) is 6.54 Å². The first-order valence-electron chi connectivity index (χ1n) is 8.98. The van der Waals surface area contributed by atoms with E-state index in [0.29, 0.717) is 11.0 Å². The Hall–Kier alpha value is -1.59. The molecule has 1 N–H and O–H groups in total. The average Bonchev–Trinajstić information content (AvgIpc) is 2.97. The van der Waals surface area contributed by atoms with E-state index < -0.39 is 0 Å². The highest BCUT2D eigenvalue weighted by Gasteiger charge is 2.44. The number of amides is 1. The van der Waals surface area contributed by atoms with Crippen molar-refractivity contribution in [3.8, 4) is 0 Å². The second kappa shape index (κ2) is 7.20. The van der Waals surface area contributed by atoms with Crippen LogP contribution in [0.25, 0.3) is 0 Å². The van der Waals surface area contributed by atoms with Gasteiger partial charge in [0.05, 0.1) is 6.54 Å². The van der Waals surface area contributed by atoms with E-state index in [1.165, 1.54) is 11.3 Å². The van der Waals surface area contributed by atoms with Gasteiger partial charge in [-0.3, -0.25) is 4.79 Å². The minimum absolute atomic E-state index is 0.112. The van der Waals surface area contributed by atoms with Gasteiger partial charge in [0.25, 0.3) is 5.91 Å². The second-order valence-electron chi connectivity index (χ2n) is 8.13. The van der Waals surface area contributed by atoms with E-state index in [0.717, 1.165) is 35.4 Å². The molecule has 1 aromatic heterocycles. The Bertz CT molecular complexity index is 767. The molecule has 26 heavy (non-hydrogen) atoms. The molecule has 1 aromatic carbocycles. The molecule has 1 fully saturated rings. The number of nitrogens with zero attached hydrogens (tertiary/aromatic N) is 2. The number of benzene rings is 1. The van der Waals surface area contributed by atoms with Crippen LogP contribution < -0.4 is 5.32 Å². The molecular weight excluding hydrogens is 366 g/mol. The van der Waals surface area contributed by atoms with Gasteiger partial charge in [-0.1, -0.05) is 11.6 Å². The lowest BCUT2D eigenvalue weighted by Gasteiger charge is -2.53. The van der Waals surface area contributed by atoms with Crippen LogP contribution in [0.2, 0.25) is 4.47 Å². The van der Waals surface area contributed by atoms with Gasteiger partial charge in [-0.25, -0.2) is 4.98 Å². The molecule has 2 heterocycles. The minimum atomic E-state index is -0.124. The Morgan fingerprint density at radius 2 is 1.81 bits per heavy atom. The largest absolute Gasteiger partial charge is 0.380 e. The number of piperidine rings is 1. The number of carbonyl (C=O) groups excluding carboxylic acids is 1. The molecule has 2 aromatic rings. The van der Waals surface area contributed by atoms with Crippen LogP contribution in [0.4, 0.5) is 5.69 Å². The van der Waals surface area contributed by atoms with Crippen LogP contribution in [-0.4, -0.2) is 26.9 Å². The smallest absolute Gasteiger partial charge is 0.254 e. The zero-order valence-electron chi connectivity index (χ0n) is 15.8. The van der Waals surface area contributed by atoms with E-state index >= 15 is 0 Å². The Morgan fingerprint density at radius 1 is 1.19 bits per heavy atom. The van der Waals surface area contributed by atoms with E-state index in [-0.39, 0.29) is 17.0 Å². The normalized spacial score (nSPS) is 18.6. The predicted octanol–water partition coefficient (Wildman–Crippen LogP) is 5.59. The first kappa shape index (κ1) is 19.2. The van der Waals surface area contributed by atoms with Crippen molar-refractivity contribution in [2.45, 2.75) is 64.6 Å². The summed E-state index contributed by atoms with van der Waals surface area (Å²) in [5.41, 5.74) is 1.46. The molecule has 0 bridgehead atoms. The molecule has 6 heteroatoms. The zero-order chi connectivity index (χ0) is 18.9. The second-order valence-corrected chi connectivity index (χ2v) is 9.83. The summed E-state index contributed by atoms with van der Waals surface area (Å²) in [6.07, 6.45) is 5.02. The molecular formula is C20H26ClN3OS. The standard InChI is InChI=1S/C20H26ClN3OS/c1-19(2)10-5-11-20(3,4)24(19)17(25)14-6-8-15(9-7-14)22-12-16-13-23-18(21)26-16/h6-9,13,22H,5,10-12H2,1-4H3. The number of anilines is 1. The summed E-state index contributed by atoms with van der Waals surface area (Å²) in [4.78, 5) is 20.4. The first-order chi connectivity index (χ1) is 12.2. The van der Waals surface area contributed by atoms with Crippen LogP contribution in [0.3, 0.4) is 0 Å². The highest BCUT2D eigenvalue weighted by Crippen LogP contribution is 2.39. The molecule has 0 saturated carbocycles. The average molecular weight is 392 g/mol. The van der Waals surface area contributed by atoms with Crippen molar-refractivity contribution in [1.29, 1.82) is 0 Å². The minimum Gasteiger partial charge on any atom is -0.380 e. The van der Waals surface area contributed by atoms with Gasteiger partial charge in [-0.2, -0.15) is 0 Å². The molecule has 140 valence electrons. The van der Waals surface area contributed by atoms with Gasteiger partial charge >= 0.3 is 0 Å². The van der Waals surface area contributed by atoms with E-state index in [1.807, 2.05) is 24.3 Å². The predicted molar refractivity (Wildman–Crippen MR) is 109 cm³/mol. The number of nitrogens with one attached hydrogen (secondary N) is 1. The maximum Gasteiger partial charge on any atom is 0.254 e. The summed E-state index contributed by atoms with van der Waals surface area (Å²) in [6.45, 7) is 9.34. The third-order valence-electron chi connectivity index (χ3n) is 5.11. The highest BCUT2D eigenvalue weighted by atomic mass is 35.5. The number of rotatable bonds is 4. The van der Waals surface area contributed by atoms with Gasteiger partial charge in [0.2, 0.25) is 0 Å². The van der Waals surface area contributed by atoms with Gasteiger partial charge in [0, 0.05) is 33.4 Å². The van der Waals surface area contributed by atoms with E-state index in [4.69, 9.17) is 11.6 Å². The van der Waals surface area contributed by atoms with E-state index in [1.54, 1.807) is 6.20 Å². The fourth-order valence-electron chi connectivity index (χ4n) is 3.96. The molecule has 0 spiro atoms. The monoisotopic (exact) mass is 391 g/mol. The number of halogens is 1. The van der Waals surface area contributed by atoms with Crippen LogP contribution in [0, 0.1) is 0 Å². The lowest BCUT2D eigenvalue weighted by molar-refractivity contribution is -0.0111. The van der Waals surface area contributed by atoms with Crippen molar-refractivity contribution in [1.82, 2.24) is 9.88 Å². The van der Waals surface area contributed by atoms with Gasteiger partial charge in [0.15, 0.2) is 4.47 Å². The molecule has 1 saturated heterocycles. The summed E-state index contributed by atoms with van der Waals surface area (Å²) in [5, 5.41) is 3.34. The summed E-state index contributed by atoms with van der Waals surface area (Å²) in [5.74, 6) is 0.112. The Balaban J connectivity index is 1.72. The number of hydrogen-bond acceptors (Lipinski definition) is 4. The van der Waals surface area contributed by atoms with Gasteiger partial charge in [0.1, 0.15) is 0 Å². The summed E-state index contributed by atoms with van der Waals surface area (Å²) in [6, 6.07) is 7.73. The van der Waals surface area contributed by atoms with Crippen LogP contribution in [0.15, 0.2) is 30.5 Å². The molecule has 1 amide bonds. The number of likely N-dealkylation sites (tertiary alicyclic amines) is 1. The third-order valence-corrected chi connectivity index (χ3v) is 6.23. The van der Waals surface area contributed by atoms with Crippen LogP contribution in [0.5, 0.6) is 0 Å². The van der Waals surface area contributed by atoms with Crippen molar-refractivity contribution in [3.63, 3.8) is 0 Å². The molecule has 3 rings (SSSR count). The third kappa shape index (κ3) is 4.04. The Labute approximate surface area is 164 Å². The van der Waals surface area contributed by atoms with Crippen molar-refractivity contribution in [2.24, 2.45) is 0 Å². The van der Waals surface area contributed by atoms with Crippen molar-refractivity contribution < 1.29 is 4.79 Å². The molecule has 0 atom stereocenters. The van der Waals surface area contributed by atoms with Crippen molar-refractivity contribution >= 4 is 34.5 Å². The maximum atomic E-state index is 13.2. The quantitative estimate of drug-likeness (QED) is 0.738. The first-order valence-corrected chi connectivity index (χ1v) is 10.2. The summed E-state index contributed by atoms with van der Waals surface area (Å²) in [7, 11) is 0. The lowest BCUT2D eigenvalue weighted by Crippen LogP contribution is -2.60. The molecule has 1 aliphatic heterocycles. The summed E-state index contributed by atoms with van der Waals surface area (Å²) >= 11 is 7.32. The SMILES string of the molecule is CC1(C)CCCC(C)(C)N1C(=O)c1ccc(NCc2cnc(Cl)s2)cc1. The van der Waals surface area contributed by atoms with Gasteiger partial charge < -0.3 is 10.2 Å². The molecule has 1 aliphatic rings. The number of carbonyl (C=O) groups is 1. The molecule has 0 radical (unpaired) electrons. The maximum absolute atomic E-state index is 13.2. The number of aromatic nitrogens is 1. The van der Waals surface area contributed by atoms with Gasteiger partial charge in [-0.15, -0.1) is 11.3 Å². The number of hydrogen-bond donors (Lipinski definition) is 1. The highest BCUT2D eigenvalue weighted by molar-refractivity contribution is 7.15.